The number of nitrogens with zero attached hydrogens (tertiary/aromatic N) is 1. The van der Waals surface area contributed by atoms with Gasteiger partial charge in [0.2, 0.25) is 0 Å². The first-order valence-corrected chi connectivity index (χ1v) is 5.55. The van der Waals surface area contributed by atoms with Gasteiger partial charge in [0.15, 0.2) is 5.69 Å². The summed E-state index contributed by atoms with van der Waals surface area (Å²) < 4.78 is 30.2. The normalized spacial score (nSPS) is 10.6. The minimum Gasteiger partial charge on any atom is -0.464 e. The number of hydrogen-bond acceptors (Lipinski definition) is 3. The molecule has 0 atom stereocenters. The SMILES string of the molecule is COC(=O)c1ncc(C)c(CBr)c1C(F)F. The molecule has 0 aliphatic carbocycles. The van der Waals surface area contributed by atoms with E-state index in [1.165, 1.54) is 6.20 Å². The minimum absolute atomic E-state index is 0.241. The highest BCUT2D eigenvalue weighted by molar-refractivity contribution is 9.08. The van der Waals surface area contributed by atoms with E-state index in [-0.39, 0.29) is 16.6 Å². The van der Waals surface area contributed by atoms with Crippen LogP contribution in [0.5, 0.6) is 0 Å². The summed E-state index contributed by atoms with van der Waals surface area (Å²) in [7, 11) is 1.13. The first-order chi connectivity index (χ1) is 7.52. The quantitative estimate of drug-likeness (QED) is 0.635. The molecule has 0 aliphatic rings. The summed E-state index contributed by atoms with van der Waals surface area (Å²) >= 11 is 3.12. The number of aromatic nitrogens is 1. The molecule has 1 heterocycles. The zero-order chi connectivity index (χ0) is 12.3. The molecule has 0 unspecified atom stereocenters. The summed E-state index contributed by atoms with van der Waals surface area (Å²) in [4.78, 5) is 15.0. The molecule has 0 radical (unpaired) electrons. The molecule has 3 nitrogen and oxygen atoms in total. The minimum atomic E-state index is -2.76. The zero-order valence-corrected chi connectivity index (χ0v) is 10.3. The highest BCUT2D eigenvalue weighted by atomic mass is 79.9. The van der Waals surface area contributed by atoms with Crippen LogP contribution < -0.4 is 0 Å². The van der Waals surface area contributed by atoms with Crippen molar-refractivity contribution >= 4 is 21.9 Å². The fraction of sp³-hybridized carbons (Fsp3) is 0.400. The first kappa shape index (κ1) is 13.0. The van der Waals surface area contributed by atoms with Crippen molar-refractivity contribution in [1.82, 2.24) is 4.98 Å². The topological polar surface area (TPSA) is 39.2 Å². The van der Waals surface area contributed by atoms with Gasteiger partial charge in [-0.25, -0.2) is 18.6 Å². The number of rotatable bonds is 3. The molecular weight excluding hydrogens is 284 g/mol. The lowest BCUT2D eigenvalue weighted by molar-refractivity contribution is 0.0581. The molecule has 0 saturated carbocycles. The van der Waals surface area contributed by atoms with Crippen molar-refractivity contribution in [2.45, 2.75) is 18.7 Å². The van der Waals surface area contributed by atoms with E-state index in [1.54, 1.807) is 6.92 Å². The predicted octanol–water partition coefficient (Wildman–Crippen LogP) is 3.01. The van der Waals surface area contributed by atoms with Gasteiger partial charge in [-0.3, -0.25) is 0 Å². The average molecular weight is 294 g/mol. The highest BCUT2D eigenvalue weighted by Gasteiger charge is 2.24. The van der Waals surface area contributed by atoms with Gasteiger partial charge in [0.1, 0.15) is 0 Å². The smallest absolute Gasteiger partial charge is 0.357 e. The fourth-order valence-corrected chi connectivity index (χ4v) is 2.08. The highest BCUT2D eigenvalue weighted by Crippen LogP contribution is 2.29. The number of esters is 1. The maximum absolute atomic E-state index is 12.9. The van der Waals surface area contributed by atoms with Gasteiger partial charge in [0.25, 0.3) is 6.43 Å². The number of hydrogen-bond donors (Lipinski definition) is 0. The lowest BCUT2D eigenvalue weighted by Crippen LogP contribution is -2.12. The molecule has 16 heavy (non-hydrogen) atoms. The lowest BCUT2D eigenvalue weighted by Gasteiger charge is -2.12. The molecular formula is C10H10BrF2NO2. The predicted molar refractivity (Wildman–Crippen MR) is 57.9 cm³/mol. The second-order valence-corrected chi connectivity index (χ2v) is 3.67. The van der Waals surface area contributed by atoms with Gasteiger partial charge in [0.05, 0.1) is 12.7 Å². The van der Waals surface area contributed by atoms with E-state index in [1.807, 2.05) is 0 Å². The summed E-state index contributed by atoms with van der Waals surface area (Å²) in [5.41, 5.74) is 0.312. The molecule has 0 saturated heterocycles. The van der Waals surface area contributed by atoms with E-state index in [0.29, 0.717) is 11.1 Å². The standard InChI is InChI=1S/C10H10BrF2NO2/c1-5-4-14-8(10(15)16-2)7(9(12)13)6(5)3-11/h4,9H,3H2,1-2H3. The Balaban J connectivity index is 3.45. The number of carbonyl (C=O) groups excluding carboxylic acids is 1. The number of carbonyl (C=O) groups is 1. The van der Waals surface area contributed by atoms with Crippen LogP contribution in [0.1, 0.15) is 33.6 Å². The summed E-state index contributed by atoms with van der Waals surface area (Å²) in [5.74, 6) is -0.850. The van der Waals surface area contributed by atoms with E-state index in [2.05, 4.69) is 25.7 Å². The summed E-state index contributed by atoms with van der Waals surface area (Å²) in [6.45, 7) is 1.66. The van der Waals surface area contributed by atoms with Crippen LogP contribution in [0.25, 0.3) is 0 Å². The third-order valence-electron chi connectivity index (χ3n) is 2.17. The van der Waals surface area contributed by atoms with Crippen LogP contribution in [-0.2, 0) is 10.1 Å². The van der Waals surface area contributed by atoms with Crippen LogP contribution in [0.15, 0.2) is 6.20 Å². The number of aryl methyl sites for hydroxylation is 1. The van der Waals surface area contributed by atoms with Crippen molar-refractivity contribution in [3.63, 3.8) is 0 Å². The van der Waals surface area contributed by atoms with Gasteiger partial charge in [-0.05, 0) is 18.1 Å². The Hall–Kier alpha value is -1.04. The molecule has 0 bridgehead atoms. The maximum atomic E-state index is 12.9. The first-order valence-electron chi connectivity index (χ1n) is 4.43. The number of pyridine rings is 1. The third kappa shape index (κ3) is 2.37. The number of methoxy groups -OCH3 is 1. The second kappa shape index (κ2) is 5.34. The van der Waals surface area contributed by atoms with Crippen LogP contribution in [0.3, 0.4) is 0 Å². The van der Waals surface area contributed by atoms with Gasteiger partial charge in [-0.1, -0.05) is 15.9 Å². The van der Waals surface area contributed by atoms with E-state index < -0.39 is 12.4 Å². The lowest BCUT2D eigenvalue weighted by atomic mass is 10.0. The van der Waals surface area contributed by atoms with Crippen LogP contribution in [0.2, 0.25) is 0 Å². The molecule has 0 aromatic carbocycles. The van der Waals surface area contributed by atoms with Crippen molar-refractivity contribution in [1.29, 1.82) is 0 Å². The molecule has 0 N–H and O–H groups in total. The number of alkyl halides is 3. The van der Waals surface area contributed by atoms with Crippen molar-refractivity contribution in [3.8, 4) is 0 Å². The molecule has 0 fully saturated rings. The van der Waals surface area contributed by atoms with Crippen molar-refractivity contribution < 1.29 is 18.3 Å². The molecule has 1 aromatic heterocycles. The number of halogens is 3. The molecule has 1 aromatic rings. The van der Waals surface area contributed by atoms with Crippen LogP contribution in [0, 0.1) is 6.92 Å². The third-order valence-corrected chi connectivity index (χ3v) is 2.73. The summed E-state index contributed by atoms with van der Waals surface area (Å²) in [5, 5.41) is 0.241. The molecule has 88 valence electrons. The van der Waals surface area contributed by atoms with Gasteiger partial charge >= 0.3 is 5.97 Å². The van der Waals surface area contributed by atoms with Gasteiger partial charge in [0, 0.05) is 11.5 Å². The molecule has 0 amide bonds. The van der Waals surface area contributed by atoms with Crippen LogP contribution in [0.4, 0.5) is 8.78 Å². The Morgan fingerprint density at radius 1 is 1.62 bits per heavy atom. The summed E-state index contributed by atoms with van der Waals surface area (Å²) in [6, 6.07) is 0. The summed E-state index contributed by atoms with van der Waals surface area (Å²) in [6.07, 6.45) is -1.37. The Labute approximate surface area is 99.9 Å². The molecule has 0 spiro atoms. The number of ether oxygens (including phenoxy) is 1. The molecule has 6 heteroatoms. The largest absolute Gasteiger partial charge is 0.464 e. The Bertz CT molecular complexity index is 410. The Morgan fingerprint density at radius 3 is 2.69 bits per heavy atom. The van der Waals surface area contributed by atoms with Gasteiger partial charge in [-0.15, -0.1) is 0 Å². The van der Waals surface area contributed by atoms with Crippen LogP contribution in [-0.4, -0.2) is 18.1 Å². The van der Waals surface area contributed by atoms with Crippen molar-refractivity contribution in [2.24, 2.45) is 0 Å². The second-order valence-electron chi connectivity index (χ2n) is 3.11. The van der Waals surface area contributed by atoms with Crippen LogP contribution >= 0.6 is 15.9 Å². The zero-order valence-electron chi connectivity index (χ0n) is 8.76. The van der Waals surface area contributed by atoms with Gasteiger partial charge in [-0.2, -0.15) is 0 Å². The van der Waals surface area contributed by atoms with Gasteiger partial charge < -0.3 is 4.74 Å². The Kier molecular flexibility index (Phi) is 4.35. The molecule has 1 rings (SSSR count). The monoisotopic (exact) mass is 293 g/mol. The van der Waals surface area contributed by atoms with Crippen molar-refractivity contribution in [2.75, 3.05) is 7.11 Å². The maximum Gasteiger partial charge on any atom is 0.357 e. The van der Waals surface area contributed by atoms with E-state index in [4.69, 9.17) is 0 Å². The molecule has 0 aliphatic heterocycles. The average Bonchev–Trinajstić information content (AvgIpc) is 2.27. The van der Waals surface area contributed by atoms with Crippen molar-refractivity contribution in [3.05, 3.63) is 28.6 Å². The van der Waals surface area contributed by atoms with E-state index in [0.717, 1.165) is 7.11 Å². The van der Waals surface area contributed by atoms with E-state index in [9.17, 15) is 13.6 Å². The Morgan fingerprint density at radius 2 is 2.25 bits per heavy atom. The fourth-order valence-electron chi connectivity index (χ4n) is 1.34. The van der Waals surface area contributed by atoms with E-state index >= 15 is 0 Å².